The summed E-state index contributed by atoms with van der Waals surface area (Å²) in [5.74, 6) is -0.567. The van der Waals surface area contributed by atoms with E-state index < -0.39 is 0 Å². The fourth-order valence-corrected chi connectivity index (χ4v) is 3.45. The Kier molecular flexibility index (Phi) is 4.14. The molecular formula is C17H21NO4. The third-order valence-corrected chi connectivity index (χ3v) is 4.30. The van der Waals surface area contributed by atoms with Crippen molar-refractivity contribution in [2.75, 3.05) is 0 Å². The Bertz CT molecular complexity index is 562. The first-order chi connectivity index (χ1) is 10.5. The van der Waals surface area contributed by atoms with E-state index in [2.05, 4.69) is 6.07 Å². The molecule has 1 aromatic heterocycles. The van der Waals surface area contributed by atoms with E-state index >= 15 is 0 Å². The summed E-state index contributed by atoms with van der Waals surface area (Å²) in [4.78, 5) is 27.4. The standard InChI is InChI=1S/C17H21NO4/c1-10(19)21-14-7-3-5-12-9-13-6-4-8-15(22-11(2)20)17(13)18-16(12)14/h9,14-15H,3-8H2,1-2H3. The van der Waals surface area contributed by atoms with Crippen LogP contribution in [0.25, 0.3) is 0 Å². The average Bonchev–Trinajstić information content (AvgIpc) is 2.45. The van der Waals surface area contributed by atoms with Crippen LogP contribution < -0.4 is 0 Å². The van der Waals surface area contributed by atoms with Crippen molar-refractivity contribution < 1.29 is 19.1 Å². The molecule has 0 bridgehead atoms. The summed E-state index contributed by atoms with van der Waals surface area (Å²) in [5, 5.41) is 0. The van der Waals surface area contributed by atoms with Gasteiger partial charge < -0.3 is 9.47 Å². The normalized spacial score (nSPS) is 23.2. The minimum absolute atomic E-state index is 0.272. The molecule has 0 spiro atoms. The first-order valence-electron chi connectivity index (χ1n) is 7.91. The third-order valence-electron chi connectivity index (χ3n) is 4.30. The molecule has 0 saturated heterocycles. The summed E-state index contributed by atoms with van der Waals surface area (Å²) in [6.45, 7) is 2.85. The fourth-order valence-electron chi connectivity index (χ4n) is 3.45. The second-order valence-electron chi connectivity index (χ2n) is 6.06. The highest BCUT2D eigenvalue weighted by molar-refractivity contribution is 5.67. The molecule has 0 fully saturated rings. The molecule has 1 aromatic rings. The zero-order valence-electron chi connectivity index (χ0n) is 13.1. The van der Waals surface area contributed by atoms with Crippen LogP contribution in [0.4, 0.5) is 0 Å². The lowest BCUT2D eigenvalue weighted by Gasteiger charge is -2.29. The monoisotopic (exact) mass is 303 g/mol. The highest BCUT2D eigenvalue weighted by Gasteiger charge is 2.30. The predicted octanol–water partition coefficient (Wildman–Crippen LogP) is 2.96. The van der Waals surface area contributed by atoms with Gasteiger partial charge in [-0.05, 0) is 49.7 Å². The van der Waals surface area contributed by atoms with Gasteiger partial charge >= 0.3 is 11.9 Å². The largest absolute Gasteiger partial charge is 0.456 e. The second-order valence-corrected chi connectivity index (χ2v) is 6.06. The molecule has 2 unspecified atom stereocenters. The lowest BCUT2D eigenvalue weighted by Crippen LogP contribution is -2.23. The van der Waals surface area contributed by atoms with E-state index in [0.717, 1.165) is 49.9 Å². The van der Waals surface area contributed by atoms with Crippen LogP contribution in [0.1, 0.15) is 74.3 Å². The van der Waals surface area contributed by atoms with Crippen LogP contribution in [0.15, 0.2) is 6.07 Å². The Balaban J connectivity index is 1.98. The molecule has 0 aliphatic heterocycles. The summed E-state index contributed by atoms with van der Waals surface area (Å²) < 4.78 is 10.8. The van der Waals surface area contributed by atoms with E-state index in [9.17, 15) is 9.59 Å². The van der Waals surface area contributed by atoms with Crippen molar-refractivity contribution in [1.29, 1.82) is 0 Å². The van der Waals surface area contributed by atoms with Crippen LogP contribution in [-0.2, 0) is 31.9 Å². The molecule has 22 heavy (non-hydrogen) atoms. The lowest BCUT2D eigenvalue weighted by atomic mass is 9.87. The maximum Gasteiger partial charge on any atom is 0.303 e. The van der Waals surface area contributed by atoms with E-state index in [4.69, 9.17) is 14.5 Å². The van der Waals surface area contributed by atoms with E-state index in [1.165, 1.54) is 25.0 Å². The Labute approximate surface area is 130 Å². The Hall–Kier alpha value is -1.91. The molecule has 5 heteroatoms. The number of nitrogens with zero attached hydrogens (tertiary/aromatic N) is 1. The van der Waals surface area contributed by atoms with Crippen LogP contribution >= 0.6 is 0 Å². The molecule has 0 aromatic carbocycles. The number of aromatic nitrogens is 1. The summed E-state index contributed by atoms with van der Waals surface area (Å²) in [6.07, 6.45) is 4.99. The van der Waals surface area contributed by atoms with Crippen molar-refractivity contribution in [3.63, 3.8) is 0 Å². The smallest absolute Gasteiger partial charge is 0.303 e. The van der Waals surface area contributed by atoms with Gasteiger partial charge in [-0.3, -0.25) is 9.59 Å². The molecule has 1 heterocycles. The number of aryl methyl sites for hydroxylation is 2. The van der Waals surface area contributed by atoms with Crippen LogP contribution in [0, 0.1) is 0 Å². The average molecular weight is 303 g/mol. The van der Waals surface area contributed by atoms with Crippen LogP contribution in [0.5, 0.6) is 0 Å². The number of esters is 2. The molecule has 2 atom stereocenters. The van der Waals surface area contributed by atoms with Gasteiger partial charge in [-0.15, -0.1) is 0 Å². The van der Waals surface area contributed by atoms with Gasteiger partial charge in [0.25, 0.3) is 0 Å². The van der Waals surface area contributed by atoms with Gasteiger partial charge in [-0.1, -0.05) is 6.07 Å². The first-order valence-corrected chi connectivity index (χ1v) is 7.91. The molecule has 3 rings (SSSR count). The van der Waals surface area contributed by atoms with Crippen molar-refractivity contribution in [3.8, 4) is 0 Å². The Morgan fingerprint density at radius 1 is 0.955 bits per heavy atom. The van der Waals surface area contributed by atoms with E-state index in [-0.39, 0.29) is 24.1 Å². The number of fused-ring (bicyclic) bond motifs is 2. The van der Waals surface area contributed by atoms with Crippen molar-refractivity contribution in [3.05, 3.63) is 28.6 Å². The van der Waals surface area contributed by atoms with Gasteiger partial charge in [0.05, 0.1) is 11.4 Å². The fraction of sp³-hybridized carbons (Fsp3) is 0.588. The number of ether oxygens (including phenoxy) is 2. The maximum atomic E-state index is 11.3. The molecule has 0 radical (unpaired) electrons. The quantitative estimate of drug-likeness (QED) is 0.786. The van der Waals surface area contributed by atoms with E-state index in [1.807, 2.05) is 0 Å². The summed E-state index contributed by atoms with van der Waals surface area (Å²) >= 11 is 0. The van der Waals surface area contributed by atoms with Crippen molar-refractivity contribution in [2.24, 2.45) is 0 Å². The van der Waals surface area contributed by atoms with Gasteiger partial charge in [0.15, 0.2) is 0 Å². The molecular weight excluding hydrogens is 282 g/mol. The van der Waals surface area contributed by atoms with Crippen molar-refractivity contribution in [1.82, 2.24) is 4.98 Å². The number of pyridine rings is 1. The van der Waals surface area contributed by atoms with Gasteiger partial charge in [0, 0.05) is 13.8 Å². The maximum absolute atomic E-state index is 11.3. The number of rotatable bonds is 2. The highest BCUT2D eigenvalue weighted by Crippen LogP contribution is 2.37. The molecule has 0 amide bonds. The van der Waals surface area contributed by atoms with E-state index in [1.54, 1.807) is 0 Å². The molecule has 0 N–H and O–H groups in total. The minimum Gasteiger partial charge on any atom is -0.456 e. The lowest BCUT2D eigenvalue weighted by molar-refractivity contribution is -0.148. The zero-order chi connectivity index (χ0) is 15.7. The molecule has 118 valence electrons. The zero-order valence-corrected chi connectivity index (χ0v) is 13.1. The summed E-state index contributed by atoms with van der Waals surface area (Å²) in [6, 6.07) is 2.17. The van der Waals surface area contributed by atoms with E-state index in [0.29, 0.717) is 0 Å². The van der Waals surface area contributed by atoms with Gasteiger partial charge in [-0.25, -0.2) is 4.98 Å². The minimum atomic E-state index is -0.283. The van der Waals surface area contributed by atoms with Gasteiger partial charge in [-0.2, -0.15) is 0 Å². The first kappa shape index (κ1) is 15.0. The third kappa shape index (κ3) is 2.98. The van der Waals surface area contributed by atoms with Crippen molar-refractivity contribution in [2.45, 2.75) is 64.6 Å². The second kappa shape index (κ2) is 6.07. The molecule has 2 aliphatic rings. The molecule has 2 aliphatic carbocycles. The van der Waals surface area contributed by atoms with Crippen molar-refractivity contribution >= 4 is 11.9 Å². The number of carbonyl (C=O) groups is 2. The summed E-state index contributed by atoms with van der Waals surface area (Å²) in [5.41, 5.74) is 4.03. The topological polar surface area (TPSA) is 65.5 Å². The van der Waals surface area contributed by atoms with Crippen LogP contribution in [0.2, 0.25) is 0 Å². The number of hydrogen-bond acceptors (Lipinski definition) is 5. The van der Waals surface area contributed by atoms with Gasteiger partial charge in [0.2, 0.25) is 0 Å². The number of hydrogen-bond donors (Lipinski definition) is 0. The van der Waals surface area contributed by atoms with Gasteiger partial charge in [0.1, 0.15) is 12.2 Å². The Morgan fingerprint density at radius 3 is 1.82 bits per heavy atom. The molecule has 5 nitrogen and oxygen atoms in total. The highest BCUT2D eigenvalue weighted by atomic mass is 16.5. The van der Waals surface area contributed by atoms with Crippen LogP contribution in [-0.4, -0.2) is 16.9 Å². The Morgan fingerprint density at radius 2 is 1.41 bits per heavy atom. The molecule has 0 saturated carbocycles. The summed E-state index contributed by atoms with van der Waals surface area (Å²) in [7, 11) is 0. The number of carbonyl (C=O) groups excluding carboxylic acids is 2. The van der Waals surface area contributed by atoms with Crippen LogP contribution in [0.3, 0.4) is 0 Å². The SMILES string of the molecule is CC(=O)OC1CCCc2cc3c(nc21)C(OC(C)=O)CCC3. The predicted molar refractivity (Wildman–Crippen MR) is 79.1 cm³/mol.